The van der Waals surface area contributed by atoms with Gasteiger partial charge in [-0.1, -0.05) is 12.8 Å². The third-order valence-electron chi connectivity index (χ3n) is 3.55. The number of ether oxygens (including phenoxy) is 1. The molecule has 0 spiro atoms. The van der Waals surface area contributed by atoms with Gasteiger partial charge in [0.25, 0.3) is 0 Å². The fourth-order valence-corrected chi connectivity index (χ4v) is 2.53. The van der Waals surface area contributed by atoms with Gasteiger partial charge in [0.05, 0.1) is 24.9 Å². The Morgan fingerprint density at radius 2 is 2.21 bits per heavy atom. The Bertz CT molecular complexity index is 348. The lowest BCUT2D eigenvalue weighted by atomic mass is 10.3. The summed E-state index contributed by atoms with van der Waals surface area (Å²) in [6.07, 6.45) is 8.30. The van der Waals surface area contributed by atoms with Crippen LogP contribution in [0.4, 0.5) is 0 Å². The molecule has 108 valence electrons. The van der Waals surface area contributed by atoms with E-state index in [1.807, 2.05) is 0 Å². The van der Waals surface area contributed by atoms with Crippen molar-refractivity contribution in [1.29, 1.82) is 0 Å². The quantitative estimate of drug-likeness (QED) is 0.666. The largest absolute Gasteiger partial charge is 0.394 e. The molecular weight excluding hydrogens is 242 g/mol. The summed E-state index contributed by atoms with van der Waals surface area (Å²) in [7, 11) is 0. The summed E-state index contributed by atoms with van der Waals surface area (Å²) in [5.41, 5.74) is 1.11. The Labute approximate surface area is 115 Å². The van der Waals surface area contributed by atoms with Gasteiger partial charge in [-0.3, -0.25) is 4.68 Å². The number of nitrogens with one attached hydrogen (secondary N) is 1. The molecule has 1 heterocycles. The fourth-order valence-electron chi connectivity index (χ4n) is 2.53. The maximum Gasteiger partial charge on any atom is 0.0762 e. The van der Waals surface area contributed by atoms with E-state index in [0.29, 0.717) is 19.3 Å². The van der Waals surface area contributed by atoms with Gasteiger partial charge in [-0.2, -0.15) is 5.10 Å². The standard InChI is InChI=1S/C14H25N3O2/c18-9-11-19-10-3-7-15-12-13-6-8-17(16-13)14-4-1-2-5-14/h6,8,14-15,18H,1-5,7,9-12H2. The molecule has 0 amide bonds. The normalized spacial score (nSPS) is 16.3. The van der Waals surface area contributed by atoms with Gasteiger partial charge < -0.3 is 15.2 Å². The van der Waals surface area contributed by atoms with Crippen molar-refractivity contribution >= 4 is 0 Å². The second kappa shape index (κ2) is 8.30. The maximum absolute atomic E-state index is 8.56. The number of aliphatic hydroxyl groups excluding tert-OH is 1. The molecule has 1 aromatic rings. The summed E-state index contributed by atoms with van der Waals surface area (Å²) >= 11 is 0. The Balaban J connectivity index is 1.58. The molecule has 5 nitrogen and oxygen atoms in total. The number of nitrogens with zero attached hydrogens (tertiary/aromatic N) is 2. The number of rotatable bonds is 9. The first-order valence-corrected chi connectivity index (χ1v) is 7.33. The Morgan fingerprint density at radius 3 is 3.00 bits per heavy atom. The zero-order valence-electron chi connectivity index (χ0n) is 11.6. The number of hydrogen-bond donors (Lipinski definition) is 2. The number of hydrogen-bond acceptors (Lipinski definition) is 4. The van der Waals surface area contributed by atoms with E-state index in [-0.39, 0.29) is 6.61 Å². The molecule has 1 saturated carbocycles. The van der Waals surface area contributed by atoms with Gasteiger partial charge in [-0.25, -0.2) is 0 Å². The van der Waals surface area contributed by atoms with Crippen LogP contribution in [0.3, 0.4) is 0 Å². The lowest BCUT2D eigenvalue weighted by Crippen LogP contribution is -2.17. The van der Waals surface area contributed by atoms with E-state index < -0.39 is 0 Å². The minimum atomic E-state index is 0.103. The van der Waals surface area contributed by atoms with Crippen LogP contribution in [0.25, 0.3) is 0 Å². The molecular formula is C14H25N3O2. The highest BCUT2D eigenvalue weighted by molar-refractivity contribution is 4.99. The number of aromatic nitrogens is 2. The van der Waals surface area contributed by atoms with Crippen LogP contribution in [0.5, 0.6) is 0 Å². The predicted octanol–water partition coefficient (Wildman–Crippen LogP) is 1.49. The molecule has 5 heteroatoms. The first kappa shape index (κ1) is 14.5. The third kappa shape index (κ3) is 4.93. The lowest BCUT2D eigenvalue weighted by Gasteiger charge is -2.09. The van der Waals surface area contributed by atoms with Crippen LogP contribution in [0, 0.1) is 0 Å². The van der Waals surface area contributed by atoms with E-state index in [9.17, 15) is 0 Å². The molecule has 1 aliphatic carbocycles. The summed E-state index contributed by atoms with van der Waals surface area (Å²) in [5, 5.41) is 16.6. The van der Waals surface area contributed by atoms with Gasteiger partial charge in [-0.05, 0) is 31.9 Å². The monoisotopic (exact) mass is 267 g/mol. The van der Waals surface area contributed by atoms with Crippen LogP contribution in [0.2, 0.25) is 0 Å². The third-order valence-corrected chi connectivity index (χ3v) is 3.55. The number of aliphatic hydroxyl groups is 1. The van der Waals surface area contributed by atoms with Crippen LogP contribution >= 0.6 is 0 Å². The van der Waals surface area contributed by atoms with Crippen LogP contribution in [0.1, 0.15) is 43.8 Å². The summed E-state index contributed by atoms with van der Waals surface area (Å²) in [4.78, 5) is 0. The van der Waals surface area contributed by atoms with Crippen molar-refractivity contribution in [1.82, 2.24) is 15.1 Å². The van der Waals surface area contributed by atoms with Crippen molar-refractivity contribution in [3.8, 4) is 0 Å². The topological polar surface area (TPSA) is 59.3 Å². The van der Waals surface area contributed by atoms with Gasteiger partial charge in [0.15, 0.2) is 0 Å². The van der Waals surface area contributed by atoms with Gasteiger partial charge in [0.1, 0.15) is 0 Å². The first-order chi connectivity index (χ1) is 9.40. The van der Waals surface area contributed by atoms with Crippen molar-refractivity contribution < 1.29 is 9.84 Å². The molecule has 0 atom stereocenters. The fraction of sp³-hybridized carbons (Fsp3) is 0.786. The second-order valence-corrected chi connectivity index (χ2v) is 5.09. The lowest BCUT2D eigenvalue weighted by molar-refractivity contribution is 0.0907. The van der Waals surface area contributed by atoms with Gasteiger partial charge in [-0.15, -0.1) is 0 Å². The highest BCUT2D eigenvalue weighted by Crippen LogP contribution is 2.28. The highest BCUT2D eigenvalue weighted by Gasteiger charge is 2.17. The van der Waals surface area contributed by atoms with E-state index in [1.165, 1.54) is 25.7 Å². The molecule has 1 aromatic heterocycles. The predicted molar refractivity (Wildman–Crippen MR) is 74.0 cm³/mol. The van der Waals surface area contributed by atoms with Gasteiger partial charge in [0.2, 0.25) is 0 Å². The smallest absolute Gasteiger partial charge is 0.0762 e. The van der Waals surface area contributed by atoms with E-state index in [2.05, 4.69) is 27.4 Å². The van der Waals surface area contributed by atoms with Crippen molar-refractivity contribution in [2.75, 3.05) is 26.4 Å². The Morgan fingerprint density at radius 1 is 1.37 bits per heavy atom. The maximum atomic E-state index is 8.56. The SMILES string of the molecule is OCCOCCCNCc1ccn(C2CCCC2)n1. The molecule has 0 saturated heterocycles. The minimum absolute atomic E-state index is 0.103. The molecule has 0 aliphatic heterocycles. The summed E-state index contributed by atoms with van der Waals surface area (Å²) in [6.45, 7) is 2.98. The Kier molecular flexibility index (Phi) is 6.33. The molecule has 0 radical (unpaired) electrons. The molecule has 19 heavy (non-hydrogen) atoms. The minimum Gasteiger partial charge on any atom is -0.394 e. The van der Waals surface area contributed by atoms with Crippen molar-refractivity contribution in [3.63, 3.8) is 0 Å². The summed E-state index contributed by atoms with van der Waals surface area (Å²) < 4.78 is 7.33. The van der Waals surface area contributed by atoms with E-state index >= 15 is 0 Å². The molecule has 0 unspecified atom stereocenters. The molecule has 0 bridgehead atoms. The van der Waals surface area contributed by atoms with Crippen LogP contribution < -0.4 is 5.32 Å². The highest BCUT2D eigenvalue weighted by atomic mass is 16.5. The molecule has 0 aromatic carbocycles. The van der Waals surface area contributed by atoms with Crippen molar-refractivity contribution in [2.24, 2.45) is 0 Å². The van der Waals surface area contributed by atoms with Crippen molar-refractivity contribution in [3.05, 3.63) is 18.0 Å². The zero-order chi connectivity index (χ0) is 13.3. The average Bonchev–Trinajstić information content (AvgIpc) is 3.08. The van der Waals surface area contributed by atoms with E-state index in [0.717, 1.165) is 25.2 Å². The van der Waals surface area contributed by atoms with E-state index in [1.54, 1.807) is 0 Å². The van der Waals surface area contributed by atoms with Crippen LogP contribution in [-0.2, 0) is 11.3 Å². The molecule has 1 fully saturated rings. The Hall–Kier alpha value is -0.910. The van der Waals surface area contributed by atoms with Gasteiger partial charge in [0, 0.05) is 19.3 Å². The first-order valence-electron chi connectivity index (χ1n) is 7.33. The zero-order valence-corrected chi connectivity index (χ0v) is 11.6. The second-order valence-electron chi connectivity index (χ2n) is 5.09. The summed E-state index contributed by atoms with van der Waals surface area (Å²) in [6, 6.07) is 2.73. The van der Waals surface area contributed by atoms with Crippen LogP contribution in [-0.4, -0.2) is 41.3 Å². The molecule has 1 aliphatic rings. The van der Waals surface area contributed by atoms with Gasteiger partial charge >= 0.3 is 0 Å². The van der Waals surface area contributed by atoms with Crippen LogP contribution in [0.15, 0.2) is 12.3 Å². The molecule has 2 N–H and O–H groups in total. The van der Waals surface area contributed by atoms with Crippen molar-refractivity contribution in [2.45, 2.75) is 44.7 Å². The molecule has 2 rings (SSSR count). The van der Waals surface area contributed by atoms with E-state index in [4.69, 9.17) is 9.84 Å². The average molecular weight is 267 g/mol. The summed E-state index contributed by atoms with van der Waals surface area (Å²) in [5.74, 6) is 0.